The molecule has 0 N–H and O–H groups in total. The van der Waals surface area contributed by atoms with Gasteiger partial charge in [0.15, 0.2) is 0 Å². The first kappa shape index (κ1) is 17.3. The van der Waals surface area contributed by atoms with Crippen molar-refractivity contribution < 1.29 is 13.0 Å². The largest absolute Gasteiger partial charge is 0.677 e. The molecule has 0 unspecified atom stereocenters. The third kappa shape index (κ3) is 3.08. The van der Waals surface area contributed by atoms with Crippen LogP contribution >= 0.6 is 0 Å². The number of rotatable bonds is 3. The summed E-state index contributed by atoms with van der Waals surface area (Å²) < 4.78 is 41.9. The number of benzene rings is 1. The SMILES string of the molecule is CC1=CC(C)=N/C1=C(/c1ccc(F)cc1)c1c(C)cc(C)n1B(F)F. The van der Waals surface area contributed by atoms with Gasteiger partial charge >= 0.3 is 7.40 Å². The van der Waals surface area contributed by atoms with E-state index in [4.69, 9.17) is 0 Å². The van der Waals surface area contributed by atoms with E-state index in [1.807, 2.05) is 19.9 Å². The summed E-state index contributed by atoms with van der Waals surface area (Å²) in [4.78, 5) is 4.55. The van der Waals surface area contributed by atoms with Crippen molar-refractivity contribution in [3.05, 3.63) is 76.0 Å². The highest BCUT2D eigenvalue weighted by atomic mass is 19.2. The Labute approximate surface area is 145 Å². The van der Waals surface area contributed by atoms with Crippen LogP contribution in [0, 0.1) is 19.7 Å². The number of nitrogens with zero attached hydrogens (tertiary/aromatic N) is 2. The normalized spacial score (nSPS) is 16.0. The number of aliphatic imine (C=N–C) groups is 1. The van der Waals surface area contributed by atoms with E-state index in [9.17, 15) is 13.0 Å². The number of aromatic nitrogens is 1. The van der Waals surface area contributed by atoms with Crippen molar-refractivity contribution in [2.24, 2.45) is 4.99 Å². The smallest absolute Gasteiger partial charge is 0.329 e. The fourth-order valence-electron chi connectivity index (χ4n) is 3.32. The minimum atomic E-state index is -2.67. The van der Waals surface area contributed by atoms with Crippen LogP contribution in [-0.2, 0) is 0 Å². The lowest BCUT2D eigenvalue weighted by Gasteiger charge is -2.16. The van der Waals surface area contributed by atoms with Gasteiger partial charge in [-0.05, 0) is 68.7 Å². The lowest BCUT2D eigenvalue weighted by molar-refractivity contribution is 0.623. The average molecular weight is 342 g/mol. The molecule has 0 aliphatic carbocycles. The molecule has 0 saturated heterocycles. The average Bonchev–Trinajstić information content (AvgIpc) is 3.01. The molecule has 1 aliphatic heterocycles. The number of hydrogen-bond acceptors (Lipinski definition) is 1. The zero-order valence-electron chi connectivity index (χ0n) is 14.6. The van der Waals surface area contributed by atoms with Crippen LogP contribution in [0.4, 0.5) is 13.0 Å². The monoisotopic (exact) mass is 342 g/mol. The van der Waals surface area contributed by atoms with Crippen molar-refractivity contribution in [3.8, 4) is 0 Å². The number of hydrogen-bond donors (Lipinski definition) is 0. The standard InChI is InChI=1S/C19H18BF3N2/c1-11-9-13(3)24-18(11)17(15-5-7-16(21)8-6-15)19-12(2)10-14(4)25(19)20(22)23/h5-10H,1-4H3/b18-17-. The molecule has 2 nitrogen and oxygen atoms in total. The van der Waals surface area contributed by atoms with Crippen molar-refractivity contribution in [2.45, 2.75) is 27.7 Å². The van der Waals surface area contributed by atoms with Crippen LogP contribution in [0.1, 0.15) is 36.4 Å². The Hall–Kier alpha value is -2.50. The van der Waals surface area contributed by atoms with Gasteiger partial charge in [0.1, 0.15) is 5.82 Å². The molecule has 1 aromatic carbocycles. The second-order valence-electron chi connectivity index (χ2n) is 6.28. The molecule has 2 aromatic rings. The Morgan fingerprint density at radius 3 is 2.20 bits per heavy atom. The van der Waals surface area contributed by atoms with Gasteiger partial charge in [0, 0.05) is 22.7 Å². The molecule has 1 aromatic heterocycles. The molecule has 128 valence electrons. The molecule has 3 rings (SSSR count). The van der Waals surface area contributed by atoms with Crippen molar-refractivity contribution in [1.29, 1.82) is 0 Å². The minimum Gasteiger partial charge on any atom is -0.329 e. The summed E-state index contributed by atoms with van der Waals surface area (Å²) in [5, 5.41) is 0. The van der Waals surface area contributed by atoms with Crippen LogP contribution < -0.4 is 0 Å². The van der Waals surface area contributed by atoms with Crippen LogP contribution in [-0.4, -0.2) is 17.6 Å². The molecular formula is C19H18BF3N2. The van der Waals surface area contributed by atoms with Gasteiger partial charge < -0.3 is 4.48 Å². The molecule has 0 saturated carbocycles. The molecule has 2 heterocycles. The van der Waals surface area contributed by atoms with Crippen LogP contribution in [0.15, 0.2) is 52.7 Å². The summed E-state index contributed by atoms with van der Waals surface area (Å²) in [6, 6.07) is 7.60. The summed E-state index contributed by atoms with van der Waals surface area (Å²) >= 11 is 0. The number of aryl methyl sites for hydroxylation is 2. The lowest BCUT2D eigenvalue weighted by Crippen LogP contribution is -2.18. The van der Waals surface area contributed by atoms with Crippen molar-refractivity contribution in [1.82, 2.24) is 4.48 Å². The number of allylic oxidation sites excluding steroid dienone is 2. The number of halogens is 3. The van der Waals surface area contributed by atoms with E-state index in [-0.39, 0.29) is 5.82 Å². The first-order valence-corrected chi connectivity index (χ1v) is 8.00. The summed E-state index contributed by atoms with van der Waals surface area (Å²) in [5.41, 5.74) is 5.24. The molecule has 0 amide bonds. The Bertz CT molecular complexity index is 919. The van der Waals surface area contributed by atoms with Gasteiger partial charge in [0.25, 0.3) is 0 Å². The van der Waals surface area contributed by atoms with E-state index in [1.165, 1.54) is 12.1 Å². The van der Waals surface area contributed by atoms with Crippen molar-refractivity contribution >= 4 is 18.7 Å². The Morgan fingerprint density at radius 1 is 1.04 bits per heavy atom. The first-order chi connectivity index (χ1) is 11.8. The van der Waals surface area contributed by atoms with Crippen molar-refractivity contribution in [2.75, 3.05) is 0 Å². The Balaban J connectivity index is 2.38. The van der Waals surface area contributed by atoms with E-state index < -0.39 is 7.40 Å². The first-order valence-electron chi connectivity index (χ1n) is 8.00. The van der Waals surface area contributed by atoms with Gasteiger partial charge in [-0.1, -0.05) is 12.1 Å². The van der Waals surface area contributed by atoms with Gasteiger partial charge in [-0.2, -0.15) is 0 Å². The molecule has 1 aliphatic rings. The van der Waals surface area contributed by atoms with Gasteiger partial charge in [-0.25, -0.2) is 4.39 Å². The predicted molar refractivity (Wildman–Crippen MR) is 96.6 cm³/mol. The third-order valence-corrected chi connectivity index (χ3v) is 4.31. The maximum Gasteiger partial charge on any atom is 0.677 e. The molecule has 0 radical (unpaired) electrons. The van der Waals surface area contributed by atoms with Crippen LogP contribution in [0.3, 0.4) is 0 Å². The summed E-state index contributed by atoms with van der Waals surface area (Å²) in [6.07, 6.45) is 1.91. The lowest BCUT2D eigenvalue weighted by atomic mass is 9.94. The molecule has 0 fully saturated rings. The molecule has 0 spiro atoms. The highest BCUT2D eigenvalue weighted by Gasteiger charge is 2.29. The Kier molecular flexibility index (Phi) is 4.46. The fraction of sp³-hybridized carbons (Fsp3) is 0.211. The summed E-state index contributed by atoms with van der Waals surface area (Å²) in [5.74, 6) is -0.372. The van der Waals surface area contributed by atoms with Gasteiger partial charge in [0.2, 0.25) is 0 Å². The molecule has 6 heteroatoms. The highest BCUT2D eigenvalue weighted by Crippen LogP contribution is 2.36. The zero-order valence-corrected chi connectivity index (χ0v) is 14.6. The van der Waals surface area contributed by atoms with Crippen LogP contribution in [0.5, 0.6) is 0 Å². The van der Waals surface area contributed by atoms with E-state index in [0.717, 1.165) is 21.3 Å². The van der Waals surface area contributed by atoms with Gasteiger partial charge in [0.05, 0.1) is 5.70 Å². The maximum absolute atomic E-state index is 13.7. The zero-order chi connectivity index (χ0) is 18.3. The van der Waals surface area contributed by atoms with E-state index in [0.29, 0.717) is 28.2 Å². The Morgan fingerprint density at radius 2 is 1.68 bits per heavy atom. The topological polar surface area (TPSA) is 17.3 Å². The minimum absolute atomic E-state index is 0.372. The van der Waals surface area contributed by atoms with E-state index in [2.05, 4.69) is 4.99 Å². The molecular weight excluding hydrogens is 324 g/mol. The summed E-state index contributed by atoms with van der Waals surface area (Å²) in [6.45, 7) is 7.22. The molecule has 0 atom stereocenters. The second-order valence-corrected chi connectivity index (χ2v) is 6.28. The van der Waals surface area contributed by atoms with Crippen LogP contribution in [0.25, 0.3) is 5.57 Å². The summed E-state index contributed by atoms with van der Waals surface area (Å²) in [7, 11) is -2.67. The second kappa shape index (κ2) is 6.43. The maximum atomic E-state index is 13.7. The van der Waals surface area contributed by atoms with Crippen molar-refractivity contribution in [3.63, 3.8) is 0 Å². The highest BCUT2D eigenvalue weighted by molar-refractivity contribution is 6.41. The quantitative estimate of drug-likeness (QED) is 0.683. The van der Waals surface area contributed by atoms with E-state index >= 15 is 0 Å². The molecule has 0 bridgehead atoms. The van der Waals surface area contributed by atoms with Gasteiger partial charge in [-0.15, -0.1) is 0 Å². The van der Waals surface area contributed by atoms with E-state index in [1.54, 1.807) is 32.0 Å². The van der Waals surface area contributed by atoms with Gasteiger partial charge in [-0.3, -0.25) is 13.6 Å². The van der Waals surface area contributed by atoms with Crippen LogP contribution in [0.2, 0.25) is 0 Å². The molecule has 25 heavy (non-hydrogen) atoms. The third-order valence-electron chi connectivity index (χ3n) is 4.31. The predicted octanol–water partition coefficient (Wildman–Crippen LogP) is 5.20. The fourth-order valence-corrected chi connectivity index (χ4v) is 3.32.